The minimum absolute atomic E-state index is 0.118. The summed E-state index contributed by atoms with van der Waals surface area (Å²) in [5.41, 5.74) is 5.70. The van der Waals surface area contributed by atoms with E-state index in [-0.39, 0.29) is 6.54 Å². The number of thiocarbonyl (C=S) groups is 1. The number of rotatable bonds is 2. The molecule has 0 spiro atoms. The highest BCUT2D eigenvalue weighted by molar-refractivity contribution is 7.78. The first-order chi connectivity index (χ1) is 3.31. The zero-order valence-electron chi connectivity index (χ0n) is 3.59. The summed E-state index contributed by atoms with van der Waals surface area (Å²) >= 11 is 4.17. The normalized spacial score (nSPS) is 7.57. The lowest BCUT2D eigenvalue weighted by molar-refractivity contribution is -0.133. The van der Waals surface area contributed by atoms with Gasteiger partial charge in [-0.1, -0.05) is 0 Å². The molecule has 0 radical (unpaired) electrons. The fraction of sp³-hybridized carbons (Fsp3) is 0.333. The second-order valence-corrected chi connectivity index (χ2v) is 0.983. The van der Waals surface area contributed by atoms with Gasteiger partial charge in [0, 0.05) is 0 Å². The molecule has 40 valence electrons. The molecule has 0 aliphatic carbocycles. The van der Waals surface area contributed by atoms with Crippen molar-refractivity contribution in [3.05, 3.63) is 0 Å². The lowest BCUT2D eigenvalue weighted by atomic mass is 10.7. The summed E-state index contributed by atoms with van der Waals surface area (Å²) in [6, 6.07) is 0. The number of esters is 1. The van der Waals surface area contributed by atoms with E-state index in [0.29, 0.717) is 0 Å². The Morgan fingerprint density at radius 3 is 2.71 bits per heavy atom. The van der Waals surface area contributed by atoms with Gasteiger partial charge in [0.2, 0.25) is 0 Å². The van der Waals surface area contributed by atoms with Crippen molar-refractivity contribution in [2.24, 2.45) is 5.73 Å². The molecule has 2 N–H and O–H groups in total. The van der Waals surface area contributed by atoms with Gasteiger partial charge in [0.15, 0.2) is 5.55 Å². The van der Waals surface area contributed by atoms with Crippen molar-refractivity contribution in [3.8, 4) is 0 Å². The Morgan fingerprint density at radius 2 is 2.57 bits per heavy atom. The third-order valence-corrected chi connectivity index (χ3v) is 0.442. The van der Waals surface area contributed by atoms with Crippen molar-refractivity contribution in [2.75, 3.05) is 6.54 Å². The Morgan fingerprint density at radius 1 is 2.00 bits per heavy atom. The van der Waals surface area contributed by atoms with E-state index in [1.807, 2.05) is 0 Å². The van der Waals surface area contributed by atoms with Crippen LogP contribution in [-0.4, -0.2) is 18.1 Å². The van der Waals surface area contributed by atoms with Crippen molar-refractivity contribution in [3.63, 3.8) is 0 Å². The number of carbonyl (C=O) groups is 1. The lowest BCUT2D eigenvalue weighted by Crippen LogP contribution is -2.15. The molecule has 0 aromatic carbocycles. The van der Waals surface area contributed by atoms with Gasteiger partial charge < -0.3 is 10.5 Å². The fourth-order valence-electron chi connectivity index (χ4n) is 0.102. The van der Waals surface area contributed by atoms with Gasteiger partial charge in [0.25, 0.3) is 0 Å². The van der Waals surface area contributed by atoms with E-state index in [0.717, 1.165) is 5.55 Å². The average molecular weight is 119 g/mol. The molecule has 3 nitrogen and oxygen atoms in total. The molecule has 0 aliphatic heterocycles. The highest BCUT2D eigenvalue weighted by Crippen LogP contribution is 1.66. The number of carbonyl (C=O) groups excluding carboxylic acids is 1. The van der Waals surface area contributed by atoms with Gasteiger partial charge in [-0.2, -0.15) is 0 Å². The van der Waals surface area contributed by atoms with Crippen LogP contribution in [0.1, 0.15) is 0 Å². The number of hydrogen-bond donors (Lipinski definition) is 1. The lowest BCUT2D eigenvalue weighted by Gasteiger charge is -1.87. The molecule has 0 fully saturated rings. The minimum Gasteiger partial charge on any atom is -0.422 e. The SMILES string of the molecule is NCC(=O)OC=S. The zero-order valence-corrected chi connectivity index (χ0v) is 4.40. The predicted molar refractivity (Wildman–Crippen MR) is 28.8 cm³/mol. The molecule has 0 aliphatic rings. The van der Waals surface area contributed by atoms with E-state index in [2.05, 4.69) is 17.0 Å². The third kappa shape index (κ3) is 3.35. The third-order valence-electron chi connectivity index (χ3n) is 0.346. The molecular weight excluding hydrogens is 114 g/mol. The summed E-state index contributed by atoms with van der Waals surface area (Å²) in [6.07, 6.45) is 0. The molecule has 0 atom stereocenters. The van der Waals surface area contributed by atoms with Crippen LogP contribution in [0.5, 0.6) is 0 Å². The van der Waals surface area contributed by atoms with Crippen molar-refractivity contribution >= 4 is 23.7 Å². The van der Waals surface area contributed by atoms with Gasteiger partial charge in [-0.05, 0) is 12.2 Å². The molecule has 0 amide bonds. The van der Waals surface area contributed by atoms with E-state index in [1.165, 1.54) is 0 Å². The Labute approximate surface area is 46.4 Å². The van der Waals surface area contributed by atoms with Gasteiger partial charge in [-0.3, -0.25) is 4.79 Å². The molecule has 4 heteroatoms. The molecule has 0 unspecified atom stereocenters. The zero-order chi connectivity index (χ0) is 5.70. The number of nitrogens with two attached hydrogens (primary N) is 1. The van der Waals surface area contributed by atoms with Crippen LogP contribution in [0.25, 0.3) is 0 Å². The highest BCUT2D eigenvalue weighted by atomic mass is 32.1. The fourth-order valence-corrected chi connectivity index (χ4v) is 0.209. The monoisotopic (exact) mass is 119 g/mol. The predicted octanol–water partition coefficient (Wildman–Crippen LogP) is -0.554. The van der Waals surface area contributed by atoms with Crippen LogP contribution in [0, 0.1) is 0 Å². The van der Waals surface area contributed by atoms with Crippen LogP contribution in [0.4, 0.5) is 0 Å². The Kier molecular flexibility index (Phi) is 3.45. The second kappa shape index (κ2) is 3.70. The van der Waals surface area contributed by atoms with E-state index >= 15 is 0 Å². The summed E-state index contributed by atoms with van der Waals surface area (Å²) in [7, 11) is 0. The van der Waals surface area contributed by atoms with Crippen molar-refractivity contribution in [2.45, 2.75) is 0 Å². The van der Waals surface area contributed by atoms with E-state index in [4.69, 9.17) is 5.73 Å². The van der Waals surface area contributed by atoms with E-state index in [9.17, 15) is 4.79 Å². The molecule has 0 saturated heterocycles. The number of ether oxygens (including phenoxy) is 1. The summed E-state index contributed by atoms with van der Waals surface area (Å²) in [5, 5.41) is 0. The van der Waals surface area contributed by atoms with Crippen LogP contribution in [0.3, 0.4) is 0 Å². The first-order valence-electron chi connectivity index (χ1n) is 1.64. The van der Waals surface area contributed by atoms with Gasteiger partial charge in [0.05, 0.1) is 6.54 Å². The molecule has 0 aromatic rings. The highest BCUT2D eigenvalue weighted by Gasteiger charge is 1.90. The van der Waals surface area contributed by atoms with Crippen LogP contribution >= 0.6 is 12.2 Å². The molecule has 0 bridgehead atoms. The molecule has 0 heterocycles. The first kappa shape index (κ1) is 6.52. The average Bonchev–Trinajstić information content (AvgIpc) is 1.68. The molecule has 0 aromatic heterocycles. The van der Waals surface area contributed by atoms with Crippen LogP contribution < -0.4 is 5.73 Å². The maximum absolute atomic E-state index is 9.97. The maximum atomic E-state index is 9.97. The van der Waals surface area contributed by atoms with E-state index < -0.39 is 5.97 Å². The van der Waals surface area contributed by atoms with Crippen molar-refractivity contribution < 1.29 is 9.53 Å². The van der Waals surface area contributed by atoms with Crippen molar-refractivity contribution in [1.29, 1.82) is 0 Å². The van der Waals surface area contributed by atoms with Gasteiger partial charge >= 0.3 is 5.97 Å². The second-order valence-electron chi connectivity index (χ2n) is 0.790. The first-order valence-corrected chi connectivity index (χ1v) is 2.11. The Balaban J connectivity index is 3.17. The Bertz CT molecular complexity index is 83.0. The number of hydrogen-bond acceptors (Lipinski definition) is 4. The quantitative estimate of drug-likeness (QED) is 0.391. The molecule has 0 rings (SSSR count). The summed E-state index contributed by atoms with van der Waals surface area (Å²) in [5.74, 6) is -0.505. The summed E-state index contributed by atoms with van der Waals surface area (Å²) in [4.78, 5) is 9.97. The topological polar surface area (TPSA) is 52.3 Å². The maximum Gasteiger partial charge on any atom is 0.325 e. The summed E-state index contributed by atoms with van der Waals surface area (Å²) in [6.45, 7) is -0.118. The van der Waals surface area contributed by atoms with Crippen LogP contribution in [-0.2, 0) is 9.53 Å². The van der Waals surface area contributed by atoms with Crippen LogP contribution in [0.15, 0.2) is 0 Å². The standard InChI is InChI=1S/C3H5NO2S/c4-1-3(5)6-2-7/h2H,1,4H2. The largest absolute Gasteiger partial charge is 0.422 e. The minimum atomic E-state index is -0.505. The van der Waals surface area contributed by atoms with Gasteiger partial charge in [0.1, 0.15) is 0 Å². The van der Waals surface area contributed by atoms with Gasteiger partial charge in [-0.25, -0.2) is 0 Å². The van der Waals surface area contributed by atoms with Gasteiger partial charge in [-0.15, -0.1) is 0 Å². The molecule has 7 heavy (non-hydrogen) atoms. The van der Waals surface area contributed by atoms with Crippen molar-refractivity contribution in [1.82, 2.24) is 0 Å². The molecule has 0 saturated carbocycles. The van der Waals surface area contributed by atoms with E-state index in [1.54, 1.807) is 0 Å². The Hall–Kier alpha value is -0.480. The summed E-state index contributed by atoms with van der Waals surface area (Å²) < 4.78 is 4.12. The molecular formula is C3H5NO2S. The van der Waals surface area contributed by atoms with Crippen LogP contribution in [0.2, 0.25) is 0 Å². The smallest absolute Gasteiger partial charge is 0.325 e.